The minimum absolute atomic E-state index is 0.289. The summed E-state index contributed by atoms with van der Waals surface area (Å²) in [5.41, 5.74) is 0. The van der Waals surface area contributed by atoms with Gasteiger partial charge in [-0.05, 0) is 36.4 Å². The second-order valence-corrected chi connectivity index (χ2v) is 2.01. The molecule has 0 N–H and O–H groups in total. The molecule has 10 heavy (non-hydrogen) atoms. The Labute approximate surface area is 67.8 Å². The molecule has 5 heteroatoms. The number of halogens is 2. The van der Waals surface area contributed by atoms with Crippen molar-refractivity contribution in [3.8, 4) is 0 Å². The number of carbonyl (C=O) groups excluding carboxylic acids is 1. The van der Waals surface area contributed by atoms with Crippen LogP contribution in [-0.2, 0) is 9.47 Å². The molecule has 0 saturated carbocycles. The zero-order valence-electron chi connectivity index (χ0n) is 4.89. The molecule has 0 aliphatic heterocycles. The Hall–Kier alpha value is -0.670. The minimum atomic E-state index is -1.06. The van der Waals surface area contributed by atoms with E-state index in [-0.39, 0.29) is 10.4 Å². The van der Waals surface area contributed by atoms with Gasteiger partial charge in [0.15, 0.2) is 10.4 Å². The van der Waals surface area contributed by atoms with Crippen molar-refractivity contribution in [3.63, 3.8) is 0 Å². The molecular formula is C5H4Cl2O3. The fraction of sp³-hybridized carbons (Fsp3) is 0. The van der Waals surface area contributed by atoms with E-state index in [4.69, 9.17) is 23.2 Å². The van der Waals surface area contributed by atoms with E-state index < -0.39 is 6.16 Å². The van der Waals surface area contributed by atoms with Crippen LogP contribution in [0.2, 0.25) is 0 Å². The molecule has 3 nitrogen and oxygen atoms in total. The summed E-state index contributed by atoms with van der Waals surface area (Å²) in [5.74, 6) is 0. The van der Waals surface area contributed by atoms with Crippen LogP contribution in [0.5, 0.6) is 0 Å². The molecule has 0 radical (unpaired) electrons. The van der Waals surface area contributed by atoms with Crippen LogP contribution in [0.1, 0.15) is 0 Å². The highest BCUT2D eigenvalue weighted by Crippen LogP contribution is 2.05. The fourth-order valence-electron chi connectivity index (χ4n) is 0.202. The van der Waals surface area contributed by atoms with Crippen molar-refractivity contribution in [3.05, 3.63) is 23.6 Å². The molecule has 0 saturated heterocycles. The van der Waals surface area contributed by atoms with Gasteiger partial charge in [0.2, 0.25) is 0 Å². The van der Waals surface area contributed by atoms with E-state index in [0.717, 1.165) is 0 Å². The molecule has 0 unspecified atom stereocenters. The van der Waals surface area contributed by atoms with Gasteiger partial charge in [0.1, 0.15) is 0 Å². The van der Waals surface area contributed by atoms with E-state index in [1.54, 1.807) is 0 Å². The molecule has 0 atom stereocenters. The summed E-state index contributed by atoms with van der Waals surface area (Å²) in [4.78, 5) is 10.3. The Morgan fingerprint density at radius 3 is 1.60 bits per heavy atom. The molecule has 0 aliphatic rings. The third kappa shape index (κ3) is 5.47. The average Bonchev–Trinajstić information content (AvgIpc) is 1.58. The van der Waals surface area contributed by atoms with Gasteiger partial charge in [-0.25, -0.2) is 4.79 Å². The molecule has 0 aromatic rings. The van der Waals surface area contributed by atoms with Crippen LogP contribution >= 0.6 is 23.2 Å². The first-order valence-corrected chi connectivity index (χ1v) is 2.86. The second kappa shape index (κ2) is 4.19. The Morgan fingerprint density at radius 2 is 1.40 bits per heavy atom. The molecule has 0 spiro atoms. The zero-order chi connectivity index (χ0) is 8.15. The first-order valence-electron chi connectivity index (χ1n) is 2.11. The summed E-state index contributed by atoms with van der Waals surface area (Å²) in [6.07, 6.45) is -1.06. The van der Waals surface area contributed by atoms with E-state index in [9.17, 15) is 4.79 Å². The SMILES string of the molecule is C=C(Cl)OC(=O)OC(=C)Cl. The number of ether oxygens (including phenoxy) is 2. The number of hydrogen-bond donors (Lipinski definition) is 0. The highest BCUT2D eigenvalue weighted by Gasteiger charge is 2.05. The molecule has 0 aromatic heterocycles. The topological polar surface area (TPSA) is 35.5 Å². The molecule has 56 valence electrons. The van der Waals surface area contributed by atoms with Gasteiger partial charge in [0.05, 0.1) is 0 Å². The van der Waals surface area contributed by atoms with Gasteiger partial charge in [-0.2, -0.15) is 0 Å². The predicted molar refractivity (Wildman–Crippen MR) is 37.6 cm³/mol. The smallest absolute Gasteiger partial charge is 0.383 e. The first-order chi connectivity index (χ1) is 4.52. The fourth-order valence-corrected chi connectivity index (χ4v) is 0.328. The van der Waals surface area contributed by atoms with Crippen molar-refractivity contribution in [2.45, 2.75) is 0 Å². The maximum Gasteiger partial charge on any atom is 0.521 e. The standard InChI is InChI=1S/C5H4Cl2O3/c1-3(6)9-5(8)10-4(2)7/h1-2H2. The average molecular weight is 183 g/mol. The van der Waals surface area contributed by atoms with E-state index >= 15 is 0 Å². The molecule has 0 heterocycles. The van der Waals surface area contributed by atoms with Crippen LogP contribution in [-0.4, -0.2) is 6.16 Å². The molecule has 0 aliphatic carbocycles. The summed E-state index contributed by atoms with van der Waals surface area (Å²) in [6, 6.07) is 0. The summed E-state index contributed by atoms with van der Waals surface area (Å²) in [5, 5.41) is -0.578. The van der Waals surface area contributed by atoms with Crippen molar-refractivity contribution < 1.29 is 14.3 Å². The summed E-state index contributed by atoms with van der Waals surface area (Å²) >= 11 is 10.1. The normalized spacial score (nSPS) is 8.20. The maximum absolute atomic E-state index is 10.3. The number of rotatable bonds is 2. The highest BCUT2D eigenvalue weighted by molar-refractivity contribution is 6.29. The van der Waals surface area contributed by atoms with Crippen molar-refractivity contribution >= 4 is 29.4 Å². The van der Waals surface area contributed by atoms with Gasteiger partial charge in [-0.3, -0.25) is 0 Å². The van der Waals surface area contributed by atoms with Gasteiger partial charge < -0.3 is 9.47 Å². The summed E-state index contributed by atoms with van der Waals surface area (Å²) in [7, 11) is 0. The molecule has 0 bridgehead atoms. The largest absolute Gasteiger partial charge is 0.521 e. The van der Waals surface area contributed by atoms with E-state index in [2.05, 4.69) is 22.6 Å². The van der Waals surface area contributed by atoms with E-state index in [1.165, 1.54) is 0 Å². The third-order valence-electron chi connectivity index (χ3n) is 0.388. The maximum atomic E-state index is 10.3. The predicted octanol–water partition coefficient (Wildman–Crippen LogP) is 2.56. The van der Waals surface area contributed by atoms with Gasteiger partial charge in [-0.15, -0.1) is 0 Å². The van der Waals surface area contributed by atoms with Gasteiger partial charge >= 0.3 is 6.16 Å². The third-order valence-corrected chi connectivity index (χ3v) is 0.542. The first kappa shape index (κ1) is 9.33. The highest BCUT2D eigenvalue weighted by atomic mass is 35.5. The molecule has 0 amide bonds. The van der Waals surface area contributed by atoms with Crippen LogP contribution in [0.4, 0.5) is 4.79 Å². The Bertz CT molecular complexity index is 158. The van der Waals surface area contributed by atoms with Crippen LogP contribution in [0.3, 0.4) is 0 Å². The summed E-state index contributed by atoms with van der Waals surface area (Å²) < 4.78 is 8.25. The Kier molecular flexibility index (Phi) is 3.91. The monoisotopic (exact) mass is 182 g/mol. The summed E-state index contributed by atoms with van der Waals surface area (Å²) in [6.45, 7) is 6.14. The molecule has 0 aromatic carbocycles. The lowest BCUT2D eigenvalue weighted by Gasteiger charge is -1.99. The minimum Gasteiger partial charge on any atom is -0.383 e. The van der Waals surface area contributed by atoms with Gasteiger partial charge in [0.25, 0.3) is 0 Å². The number of carbonyl (C=O) groups is 1. The van der Waals surface area contributed by atoms with Crippen LogP contribution in [0.25, 0.3) is 0 Å². The van der Waals surface area contributed by atoms with Crippen molar-refractivity contribution in [2.75, 3.05) is 0 Å². The van der Waals surface area contributed by atoms with Gasteiger partial charge in [-0.1, -0.05) is 0 Å². The molecule has 0 rings (SSSR count). The molecular weight excluding hydrogens is 179 g/mol. The lowest BCUT2D eigenvalue weighted by molar-refractivity contribution is 0.114. The van der Waals surface area contributed by atoms with Crippen LogP contribution in [0.15, 0.2) is 23.6 Å². The van der Waals surface area contributed by atoms with E-state index in [1.807, 2.05) is 0 Å². The Balaban J connectivity index is 3.65. The second-order valence-electron chi connectivity index (χ2n) is 1.16. The Morgan fingerprint density at radius 1 is 1.10 bits per heavy atom. The molecule has 0 fully saturated rings. The lowest BCUT2D eigenvalue weighted by atomic mass is 11.1. The van der Waals surface area contributed by atoms with Crippen molar-refractivity contribution in [2.24, 2.45) is 0 Å². The van der Waals surface area contributed by atoms with Gasteiger partial charge in [0, 0.05) is 0 Å². The van der Waals surface area contributed by atoms with E-state index in [0.29, 0.717) is 0 Å². The van der Waals surface area contributed by atoms with Crippen molar-refractivity contribution in [1.82, 2.24) is 0 Å². The van der Waals surface area contributed by atoms with Crippen LogP contribution < -0.4 is 0 Å². The quantitative estimate of drug-likeness (QED) is 0.487. The van der Waals surface area contributed by atoms with Crippen molar-refractivity contribution in [1.29, 1.82) is 0 Å². The number of hydrogen-bond acceptors (Lipinski definition) is 3. The van der Waals surface area contributed by atoms with Crippen LogP contribution in [0, 0.1) is 0 Å². The lowest BCUT2D eigenvalue weighted by Crippen LogP contribution is -2.01. The zero-order valence-corrected chi connectivity index (χ0v) is 6.41.